The van der Waals surface area contributed by atoms with Crippen molar-refractivity contribution < 1.29 is 25.2 Å². The van der Waals surface area contributed by atoms with E-state index in [1.165, 1.54) is 0 Å². The van der Waals surface area contributed by atoms with Gasteiger partial charge in [0.25, 0.3) is 0 Å². The van der Waals surface area contributed by atoms with Crippen molar-refractivity contribution in [3.63, 3.8) is 0 Å². The highest BCUT2D eigenvalue weighted by atomic mass is 16.5. The number of nitrogens with zero attached hydrogens (tertiary/aromatic N) is 2. The zero-order valence-electron chi connectivity index (χ0n) is 16.6. The van der Waals surface area contributed by atoms with E-state index in [-0.39, 0.29) is 0 Å². The lowest BCUT2D eigenvalue weighted by molar-refractivity contribution is -0.214. The average molecular weight is 419 g/mol. The Bertz CT molecular complexity index is 1220. The van der Waals surface area contributed by atoms with Gasteiger partial charge in [-0.25, -0.2) is 0 Å². The van der Waals surface area contributed by atoms with Crippen LogP contribution in [0.5, 0.6) is 0 Å². The van der Waals surface area contributed by atoms with Crippen LogP contribution in [-0.2, 0) is 4.74 Å². The number of ether oxygens (including phenoxy) is 1. The molecule has 8 heteroatoms. The molecule has 2 aromatic carbocycles. The number of aliphatic hydroxyl groups excluding tert-OH is 4. The normalized spacial score (nSPS) is 25.6. The Balaban J connectivity index is 1.76. The molecule has 158 valence electrons. The highest BCUT2D eigenvalue weighted by Gasteiger charge is 2.42. The third-order valence-electron chi connectivity index (χ3n) is 5.47. The smallest absolute Gasteiger partial charge is 0.147 e. The Labute approximate surface area is 178 Å². The molecule has 3 aromatic rings. The van der Waals surface area contributed by atoms with E-state index in [2.05, 4.69) is 28.1 Å². The lowest BCUT2D eigenvalue weighted by Crippen LogP contribution is -2.58. The van der Waals surface area contributed by atoms with Gasteiger partial charge in [0.2, 0.25) is 0 Å². The molecule has 0 saturated carbocycles. The summed E-state index contributed by atoms with van der Waals surface area (Å²) in [6, 6.07) is 11.4. The topological polar surface area (TPSA) is 143 Å². The molecule has 1 fully saturated rings. The van der Waals surface area contributed by atoms with Crippen LogP contribution in [0.4, 0.5) is 0 Å². The van der Waals surface area contributed by atoms with Crippen LogP contribution in [0.3, 0.4) is 0 Å². The second kappa shape index (κ2) is 8.48. The Hall–Kier alpha value is -3.24. The van der Waals surface area contributed by atoms with Crippen LogP contribution in [0.2, 0.25) is 0 Å². The molecular formula is C23H21N3O5. The number of benzene rings is 2. The molecule has 8 nitrogen and oxygen atoms in total. The van der Waals surface area contributed by atoms with Crippen molar-refractivity contribution in [3.8, 4) is 29.0 Å². The number of aryl methyl sites for hydroxylation is 1. The average Bonchev–Trinajstić information content (AvgIpc) is 3.26. The molecule has 0 amide bonds. The second-order valence-electron chi connectivity index (χ2n) is 7.52. The lowest BCUT2D eigenvalue weighted by Gasteiger charge is -2.37. The van der Waals surface area contributed by atoms with E-state index < -0.39 is 37.1 Å². The van der Waals surface area contributed by atoms with Crippen molar-refractivity contribution >= 4 is 10.9 Å². The fourth-order valence-corrected chi connectivity index (χ4v) is 3.68. The maximum atomic E-state index is 10.2. The zero-order chi connectivity index (χ0) is 22.1. The first kappa shape index (κ1) is 21.0. The summed E-state index contributed by atoms with van der Waals surface area (Å²) >= 11 is 0. The quantitative estimate of drug-likeness (QED) is 0.383. The second-order valence-corrected chi connectivity index (χ2v) is 7.52. The molecule has 2 heterocycles. The molecule has 1 saturated heterocycles. The van der Waals surface area contributed by atoms with Crippen LogP contribution < -0.4 is 0 Å². The van der Waals surface area contributed by atoms with Gasteiger partial charge in [0.1, 0.15) is 30.5 Å². The summed E-state index contributed by atoms with van der Waals surface area (Å²) in [5.41, 5.74) is 4.55. The first-order valence-corrected chi connectivity index (χ1v) is 9.73. The molecule has 5 atom stereocenters. The van der Waals surface area contributed by atoms with Gasteiger partial charge in [-0.15, -0.1) is 0 Å². The number of nitriles is 1. The molecule has 1 aliphatic rings. The van der Waals surface area contributed by atoms with Crippen LogP contribution in [0, 0.1) is 30.1 Å². The van der Waals surface area contributed by atoms with E-state index in [1.807, 2.05) is 31.2 Å². The number of aromatic amines is 1. The highest BCUT2D eigenvalue weighted by molar-refractivity contribution is 5.90. The number of fused-ring (bicyclic) bond motifs is 1. The van der Waals surface area contributed by atoms with Gasteiger partial charge in [0, 0.05) is 5.39 Å². The summed E-state index contributed by atoms with van der Waals surface area (Å²) < 4.78 is 5.46. The molecule has 0 unspecified atom stereocenters. The van der Waals surface area contributed by atoms with Crippen LogP contribution in [0.15, 0.2) is 36.5 Å². The zero-order valence-corrected chi connectivity index (χ0v) is 16.6. The van der Waals surface area contributed by atoms with Gasteiger partial charge >= 0.3 is 0 Å². The Morgan fingerprint density at radius 3 is 2.68 bits per heavy atom. The minimum atomic E-state index is -1.49. The summed E-state index contributed by atoms with van der Waals surface area (Å²) in [7, 11) is 0. The Morgan fingerprint density at radius 2 is 1.94 bits per heavy atom. The molecule has 0 aliphatic carbocycles. The van der Waals surface area contributed by atoms with E-state index >= 15 is 0 Å². The molecule has 1 aromatic heterocycles. The van der Waals surface area contributed by atoms with Gasteiger partial charge in [0.15, 0.2) is 0 Å². The molecular weight excluding hydrogens is 398 g/mol. The Morgan fingerprint density at radius 1 is 1.13 bits per heavy atom. The lowest BCUT2D eigenvalue weighted by atomic mass is 9.94. The molecule has 5 N–H and O–H groups in total. The number of aliphatic hydroxyl groups is 4. The van der Waals surface area contributed by atoms with Crippen LogP contribution in [0.1, 0.15) is 16.7 Å². The first-order valence-electron chi connectivity index (χ1n) is 9.73. The van der Waals surface area contributed by atoms with Crippen molar-refractivity contribution in [2.45, 2.75) is 37.4 Å². The predicted molar refractivity (Wildman–Crippen MR) is 112 cm³/mol. The third kappa shape index (κ3) is 3.91. The van der Waals surface area contributed by atoms with E-state index in [4.69, 9.17) is 4.74 Å². The minimum absolute atomic E-state index is 0.516. The van der Waals surface area contributed by atoms with E-state index in [0.29, 0.717) is 16.6 Å². The summed E-state index contributed by atoms with van der Waals surface area (Å²) in [6.45, 7) is 1.44. The van der Waals surface area contributed by atoms with Crippen LogP contribution in [0.25, 0.3) is 22.0 Å². The van der Waals surface area contributed by atoms with Crippen molar-refractivity contribution in [1.29, 1.82) is 5.26 Å². The number of nitrogens with one attached hydrogen (secondary N) is 1. The van der Waals surface area contributed by atoms with Gasteiger partial charge in [-0.2, -0.15) is 10.4 Å². The van der Waals surface area contributed by atoms with E-state index in [0.717, 1.165) is 22.1 Å². The van der Waals surface area contributed by atoms with Crippen molar-refractivity contribution in [1.82, 2.24) is 10.2 Å². The molecule has 0 bridgehead atoms. The predicted octanol–water partition coefficient (Wildman–Crippen LogP) is 0.604. The summed E-state index contributed by atoms with van der Waals surface area (Å²) in [6.07, 6.45) is -4.80. The molecule has 0 radical (unpaired) electrons. The fourth-order valence-electron chi connectivity index (χ4n) is 3.68. The Kier molecular flexibility index (Phi) is 5.75. The van der Waals surface area contributed by atoms with Crippen molar-refractivity contribution in [2.24, 2.45) is 0 Å². The SMILES string of the molecule is Cc1ccc(C#N)cc1-c1cc(C#C[C@H]2O[C@H](CO)[C@@H](O)[C@H](O)[C@@H]2O)c2[nH]ncc2c1. The van der Waals surface area contributed by atoms with Crippen LogP contribution in [-0.4, -0.2) is 67.8 Å². The van der Waals surface area contributed by atoms with Gasteiger partial charge < -0.3 is 25.2 Å². The van der Waals surface area contributed by atoms with E-state index in [1.54, 1.807) is 12.3 Å². The highest BCUT2D eigenvalue weighted by Crippen LogP contribution is 2.30. The summed E-state index contributed by atoms with van der Waals surface area (Å²) in [5, 5.41) is 56.5. The number of hydrogen-bond acceptors (Lipinski definition) is 7. The van der Waals surface area contributed by atoms with Crippen molar-refractivity contribution in [3.05, 3.63) is 53.2 Å². The molecule has 1 aliphatic heterocycles. The standard InChI is InChI=1S/C23H21N3O5/c1-12-2-3-13(9-24)6-17(12)15-7-14(20-16(8-15)10-25-26-20)4-5-18-21(28)23(30)22(29)19(11-27)31-18/h2-3,6-8,10,18-19,21-23,27-30H,11H2,1H3,(H,25,26)/t18-,19-,21-,22-,23-/m1/s1. The maximum absolute atomic E-state index is 10.2. The fraction of sp³-hybridized carbons (Fsp3) is 0.304. The van der Waals surface area contributed by atoms with Crippen molar-refractivity contribution in [2.75, 3.05) is 6.61 Å². The third-order valence-corrected chi connectivity index (χ3v) is 5.47. The van der Waals surface area contributed by atoms with Gasteiger partial charge in [-0.3, -0.25) is 5.10 Å². The number of H-pyrrole nitrogens is 1. The number of hydrogen-bond donors (Lipinski definition) is 5. The van der Waals surface area contributed by atoms with Gasteiger partial charge in [-0.1, -0.05) is 17.9 Å². The summed E-state index contributed by atoms with van der Waals surface area (Å²) in [4.78, 5) is 0. The monoisotopic (exact) mass is 419 g/mol. The maximum Gasteiger partial charge on any atom is 0.147 e. The number of aromatic nitrogens is 2. The summed E-state index contributed by atoms with van der Waals surface area (Å²) in [5.74, 6) is 5.76. The van der Waals surface area contributed by atoms with Crippen LogP contribution >= 0.6 is 0 Å². The minimum Gasteiger partial charge on any atom is -0.394 e. The van der Waals surface area contributed by atoms with E-state index in [9.17, 15) is 25.7 Å². The molecule has 0 spiro atoms. The number of rotatable bonds is 2. The van der Waals surface area contributed by atoms with Gasteiger partial charge in [-0.05, 0) is 47.9 Å². The molecule has 4 rings (SSSR count). The largest absolute Gasteiger partial charge is 0.394 e. The molecule has 31 heavy (non-hydrogen) atoms. The first-order chi connectivity index (χ1) is 14.9. The van der Waals surface area contributed by atoms with Gasteiger partial charge in [0.05, 0.1) is 35.5 Å².